The molecule has 2 N–H and O–H groups in total. The number of hydrogen-bond donors (Lipinski definition) is 2. The summed E-state index contributed by atoms with van der Waals surface area (Å²) in [5.41, 5.74) is 2.32. The molecule has 0 aliphatic carbocycles. The van der Waals surface area contributed by atoms with Crippen molar-refractivity contribution >= 4 is 50.7 Å². The fourth-order valence-electron chi connectivity index (χ4n) is 3.62. The Hall–Kier alpha value is -3.09. The Morgan fingerprint density at radius 1 is 1.00 bits per heavy atom. The maximum absolute atomic E-state index is 13.1. The van der Waals surface area contributed by atoms with Gasteiger partial charge in [0.2, 0.25) is 0 Å². The first-order chi connectivity index (χ1) is 14.8. The second kappa shape index (κ2) is 8.21. The lowest BCUT2D eigenvalue weighted by atomic mass is 9.94. The number of carbonyl (C=O) groups excluding carboxylic acids is 2. The zero-order valence-electron chi connectivity index (χ0n) is 16.3. The highest BCUT2D eigenvalue weighted by Crippen LogP contribution is 2.42. The van der Waals surface area contributed by atoms with Gasteiger partial charge in [-0.3, -0.25) is 14.5 Å². The summed E-state index contributed by atoms with van der Waals surface area (Å²) in [5, 5.41) is 21.3. The number of hydrogen-bond acceptors (Lipinski definition) is 4. The average Bonchev–Trinajstić information content (AvgIpc) is 3.01. The van der Waals surface area contributed by atoms with Crippen molar-refractivity contribution in [3.63, 3.8) is 0 Å². The van der Waals surface area contributed by atoms with E-state index in [2.05, 4.69) is 15.9 Å². The van der Waals surface area contributed by atoms with E-state index in [0.717, 1.165) is 10.0 Å². The molecule has 0 spiro atoms. The summed E-state index contributed by atoms with van der Waals surface area (Å²) in [6, 6.07) is 17.0. The number of amides is 1. The molecule has 1 saturated heterocycles. The molecule has 0 aromatic heterocycles. The molecule has 1 unspecified atom stereocenters. The largest absolute Gasteiger partial charge is 0.508 e. The number of phenols is 1. The quantitative estimate of drug-likeness (QED) is 0.274. The SMILES string of the molecule is Cc1cc(/C(O)=C2/C(=O)C(=O)N(c3ccc(Cl)cc3)C2c2ccc(O)cc2)ccc1Br. The lowest BCUT2D eigenvalue weighted by Gasteiger charge is -2.25. The number of carbonyl (C=O) groups is 2. The third kappa shape index (κ3) is 3.84. The molecule has 31 heavy (non-hydrogen) atoms. The third-order valence-electron chi connectivity index (χ3n) is 5.19. The molecule has 1 amide bonds. The van der Waals surface area contributed by atoms with Gasteiger partial charge in [0.25, 0.3) is 11.7 Å². The van der Waals surface area contributed by atoms with Crippen LogP contribution in [0.4, 0.5) is 5.69 Å². The number of Topliss-reactive ketones (excluding diaryl/α,β-unsaturated/α-hetero) is 1. The van der Waals surface area contributed by atoms with E-state index in [4.69, 9.17) is 11.6 Å². The summed E-state index contributed by atoms with van der Waals surface area (Å²) >= 11 is 9.41. The van der Waals surface area contributed by atoms with E-state index < -0.39 is 17.7 Å². The van der Waals surface area contributed by atoms with Gasteiger partial charge in [0.1, 0.15) is 11.5 Å². The lowest BCUT2D eigenvalue weighted by molar-refractivity contribution is -0.132. The normalized spacial score (nSPS) is 17.9. The first-order valence-corrected chi connectivity index (χ1v) is 10.6. The number of halogens is 2. The lowest BCUT2D eigenvalue weighted by Crippen LogP contribution is -2.29. The summed E-state index contributed by atoms with van der Waals surface area (Å²) in [6.45, 7) is 1.87. The van der Waals surface area contributed by atoms with Crippen molar-refractivity contribution < 1.29 is 19.8 Å². The zero-order valence-corrected chi connectivity index (χ0v) is 18.7. The molecule has 0 radical (unpaired) electrons. The minimum atomic E-state index is -0.870. The average molecular weight is 499 g/mol. The van der Waals surface area contributed by atoms with Gasteiger partial charge >= 0.3 is 0 Å². The second-order valence-corrected chi connectivity index (χ2v) is 8.49. The van der Waals surface area contributed by atoms with Gasteiger partial charge in [-0.2, -0.15) is 0 Å². The highest BCUT2D eigenvalue weighted by molar-refractivity contribution is 9.10. The Kier molecular flexibility index (Phi) is 5.60. The molecule has 7 heteroatoms. The Morgan fingerprint density at radius 2 is 1.65 bits per heavy atom. The summed E-state index contributed by atoms with van der Waals surface area (Å²) in [6.07, 6.45) is 0. The van der Waals surface area contributed by atoms with Crippen LogP contribution in [0.5, 0.6) is 5.75 Å². The van der Waals surface area contributed by atoms with Gasteiger partial charge in [0.05, 0.1) is 11.6 Å². The summed E-state index contributed by atoms with van der Waals surface area (Å²) < 4.78 is 0.862. The molecule has 3 aromatic carbocycles. The number of benzene rings is 3. The Bertz CT molecular complexity index is 1220. The minimum Gasteiger partial charge on any atom is -0.508 e. The van der Waals surface area contributed by atoms with Crippen LogP contribution in [0.3, 0.4) is 0 Å². The fourth-order valence-corrected chi connectivity index (χ4v) is 3.99. The van der Waals surface area contributed by atoms with Crippen LogP contribution in [0.25, 0.3) is 5.76 Å². The van der Waals surface area contributed by atoms with Crippen LogP contribution < -0.4 is 4.90 Å². The number of aryl methyl sites for hydroxylation is 1. The number of aromatic hydroxyl groups is 1. The number of aliphatic hydroxyl groups excluding tert-OH is 1. The smallest absolute Gasteiger partial charge is 0.300 e. The van der Waals surface area contributed by atoms with E-state index in [9.17, 15) is 19.8 Å². The number of rotatable bonds is 3. The maximum atomic E-state index is 13.1. The van der Waals surface area contributed by atoms with Gasteiger partial charge in [-0.05, 0) is 66.6 Å². The topological polar surface area (TPSA) is 77.8 Å². The van der Waals surface area contributed by atoms with Gasteiger partial charge in [-0.1, -0.05) is 45.7 Å². The molecule has 0 saturated carbocycles. The Labute approximate surface area is 192 Å². The standard InChI is InChI=1S/C24H17BrClNO4/c1-13-12-15(4-11-19(13)25)22(29)20-21(14-2-9-18(28)10-3-14)27(24(31)23(20)30)17-7-5-16(26)6-8-17/h2-12,21,28-29H,1H3/b22-20-. The maximum Gasteiger partial charge on any atom is 0.300 e. The zero-order chi connectivity index (χ0) is 22.3. The van der Waals surface area contributed by atoms with Crippen molar-refractivity contribution in [1.29, 1.82) is 0 Å². The molecule has 1 aliphatic rings. The molecule has 1 aliphatic heterocycles. The van der Waals surface area contributed by atoms with Crippen LogP contribution in [-0.4, -0.2) is 21.9 Å². The predicted octanol–water partition coefficient (Wildman–Crippen LogP) is 5.74. The van der Waals surface area contributed by atoms with Gasteiger partial charge < -0.3 is 10.2 Å². The number of anilines is 1. The number of nitrogens with zero attached hydrogens (tertiary/aromatic N) is 1. The number of ketones is 1. The molecule has 156 valence electrons. The molecule has 1 heterocycles. The van der Waals surface area contributed by atoms with Crippen LogP contribution in [0.2, 0.25) is 5.02 Å². The number of phenolic OH excluding ortho intramolecular Hbond substituents is 1. The van der Waals surface area contributed by atoms with Crippen LogP contribution in [-0.2, 0) is 9.59 Å². The Balaban J connectivity index is 1.94. The van der Waals surface area contributed by atoms with Crippen LogP contribution in [0.15, 0.2) is 76.8 Å². The van der Waals surface area contributed by atoms with Crippen LogP contribution in [0, 0.1) is 6.92 Å². The molecule has 1 fully saturated rings. The molecular formula is C24H17BrClNO4. The van der Waals surface area contributed by atoms with E-state index in [1.807, 2.05) is 6.92 Å². The summed E-state index contributed by atoms with van der Waals surface area (Å²) in [7, 11) is 0. The van der Waals surface area contributed by atoms with Gasteiger partial charge in [-0.25, -0.2) is 0 Å². The molecule has 4 rings (SSSR count). The van der Waals surface area contributed by atoms with Gasteiger partial charge in [0, 0.05) is 20.7 Å². The van der Waals surface area contributed by atoms with Crippen molar-refractivity contribution in [2.75, 3.05) is 4.90 Å². The Morgan fingerprint density at radius 3 is 2.26 bits per heavy atom. The van der Waals surface area contributed by atoms with Crippen molar-refractivity contribution in [2.45, 2.75) is 13.0 Å². The minimum absolute atomic E-state index is 0.0210. The van der Waals surface area contributed by atoms with Gasteiger partial charge in [-0.15, -0.1) is 0 Å². The number of aliphatic hydroxyl groups is 1. The van der Waals surface area contributed by atoms with E-state index in [0.29, 0.717) is 21.8 Å². The van der Waals surface area contributed by atoms with Crippen molar-refractivity contribution in [3.8, 4) is 5.75 Å². The van der Waals surface area contributed by atoms with E-state index in [1.165, 1.54) is 17.0 Å². The van der Waals surface area contributed by atoms with Crippen molar-refractivity contribution in [1.82, 2.24) is 0 Å². The third-order valence-corrected chi connectivity index (χ3v) is 6.33. The van der Waals surface area contributed by atoms with Gasteiger partial charge in [0.15, 0.2) is 0 Å². The first kappa shape index (κ1) is 21.2. The summed E-state index contributed by atoms with van der Waals surface area (Å²) in [5.74, 6) is -1.75. The fraction of sp³-hybridized carbons (Fsp3) is 0.0833. The molecule has 5 nitrogen and oxygen atoms in total. The van der Waals surface area contributed by atoms with E-state index in [1.54, 1.807) is 54.6 Å². The molecular weight excluding hydrogens is 482 g/mol. The van der Waals surface area contributed by atoms with Crippen LogP contribution in [0.1, 0.15) is 22.7 Å². The first-order valence-electron chi connectivity index (χ1n) is 9.40. The highest BCUT2D eigenvalue weighted by atomic mass is 79.9. The monoisotopic (exact) mass is 497 g/mol. The second-order valence-electron chi connectivity index (χ2n) is 7.20. The van der Waals surface area contributed by atoms with Crippen molar-refractivity contribution in [3.05, 3.63) is 98.5 Å². The summed E-state index contributed by atoms with van der Waals surface area (Å²) in [4.78, 5) is 27.5. The molecule has 1 atom stereocenters. The predicted molar refractivity (Wildman–Crippen MR) is 123 cm³/mol. The van der Waals surface area contributed by atoms with Crippen LogP contribution >= 0.6 is 27.5 Å². The molecule has 3 aromatic rings. The van der Waals surface area contributed by atoms with E-state index in [-0.39, 0.29) is 17.1 Å². The van der Waals surface area contributed by atoms with Crippen molar-refractivity contribution in [2.24, 2.45) is 0 Å². The van der Waals surface area contributed by atoms with E-state index >= 15 is 0 Å². The highest BCUT2D eigenvalue weighted by Gasteiger charge is 2.46. The molecule has 0 bridgehead atoms.